The Morgan fingerprint density at radius 3 is 2.31 bits per heavy atom. The molecular weight excluding hydrogens is 603 g/mol. The Morgan fingerprint density at radius 2 is 1.64 bits per heavy atom. The quantitative estimate of drug-likeness (QED) is 0.177. The number of hydrogen-bond acceptors (Lipinski definition) is 6. The third-order valence-electron chi connectivity index (χ3n) is 9.98. The maximum atomic E-state index is 14.2. The molecule has 0 bridgehead atoms. The van der Waals surface area contributed by atoms with Crippen LogP contribution in [0, 0.1) is 11.3 Å². The van der Waals surface area contributed by atoms with Crippen LogP contribution in [0.3, 0.4) is 0 Å². The Bertz CT molecular complexity index is 1660. The fourth-order valence-electron chi connectivity index (χ4n) is 7.54. The third kappa shape index (κ3) is 6.27. The average Bonchev–Trinajstić information content (AvgIpc) is 3.01. The summed E-state index contributed by atoms with van der Waals surface area (Å²) in [5.41, 5.74) is 2.48. The topological polar surface area (TPSA) is 93.7 Å². The molecule has 2 aliphatic carbocycles. The largest absolute Gasteiger partial charge is 0.357 e. The van der Waals surface area contributed by atoms with Gasteiger partial charge in [-0.15, -0.1) is 0 Å². The summed E-state index contributed by atoms with van der Waals surface area (Å²) in [5.74, 6) is -0.977. The van der Waals surface area contributed by atoms with Gasteiger partial charge in [-0.3, -0.25) is 14.2 Å². The molecule has 0 heterocycles. The normalized spacial score (nSPS) is 23.7. The van der Waals surface area contributed by atoms with Gasteiger partial charge in [0.1, 0.15) is 0 Å². The maximum Gasteiger partial charge on any atom is 0.357 e. The van der Waals surface area contributed by atoms with Crippen molar-refractivity contribution in [2.24, 2.45) is 11.3 Å². The minimum absolute atomic E-state index is 0.0374. The molecule has 3 aromatic rings. The number of carbonyl (C=O) groups is 2. The molecule has 0 radical (unpaired) electrons. The van der Waals surface area contributed by atoms with Gasteiger partial charge in [0, 0.05) is 12.0 Å². The number of Topliss-reactive ketones (excluding diaryl/α,β-unsaturated/α-hetero) is 1. The number of thiocarbonyl (C=S) groups is 1. The van der Waals surface area contributed by atoms with Crippen molar-refractivity contribution in [3.63, 3.8) is 0 Å². The van der Waals surface area contributed by atoms with Crippen molar-refractivity contribution >= 4 is 47.4 Å². The van der Waals surface area contributed by atoms with Crippen molar-refractivity contribution in [1.82, 2.24) is 10.6 Å². The lowest BCUT2D eigenvalue weighted by molar-refractivity contribution is -0.136. The highest BCUT2D eigenvalue weighted by Crippen LogP contribution is 2.60. The number of benzene rings is 3. The van der Waals surface area contributed by atoms with E-state index in [1.807, 2.05) is 49.4 Å². The molecule has 2 N–H and O–H groups in total. The second-order valence-electron chi connectivity index (χ2n) is 13.1. The number of nitrogens with one attached hydrogen (secondary N) is 2. The van der Waals surface area contributed by atoms with Gasteiger partial charge >= 0.3 is 7.60 Å². The van der Waals surface area contributed by atoms with Crippen LogP contribution in [0.1, 0.15) is 106 Å². The molecule has 5 rings (SSSR count). The van der Waals surface area contributed by atoms with E-state index in [1.165, 1.54) is 0 Å². The van der Waals surface area contributed by atoms with Gasteiger partial charge in [0.15, 0.2) is 16.7 Å². The zero-order valence-electron chi connectivity index (χ0n) is 27.1. The number of amides is 1. The Labute approximate surface area is 272 Å². The summed E-state index contributed by atoms with van der Waals surface area (Å²) in [6.45, 7) is 12.3. The second-order valence-corrected chi connectivity index (χ2v) is 15.7. The number of hydrogen-bond donors (Lipinski definition) is 2. The van der Waals surface area contributed by atoms with Crippen LogP contribution >= 0.6 is 19.8 Å². The predicted molar refractivity (Wildman–Crippen MR) is 184 cm³/mol. The van der Waals surface area contributed by atoms with E-state index in [-0.39, 0.29) is 41.3 Å². The monoisotopic (exact) mass is 648 g/mol. The fourth-order valence-corrected chi connectivity index (χ4v) is 9.74. The van der Waals surface area contributed by atoms with Gasteiger partial charge in [0.05, 0.1) is 18.6 Å². The maximum absolute atomic E-state index is 14.2. The van der Waals surface area contributed by atoms with Crippen LogP contribution in [0.2, 0.25) is 0 Å². The average molecular weight is 649 g/mol. The molecule has 0 saturated heterocycles. The molecule has 7 nitrogen and oxygen atoms in total. The second kappa shape index (κ2) is 13.1. The Kier molecular flexibility index (Phi) is 9.72. The van der Waals surface area contributed by atoms with Crippen molar-refractivity contribution in [2.75, 3.05) is 13.2 Å². The minimum Gasteiger partial charge on any atom is -0.345 e. The first-order valence-electron chi connectivity index (χ1n) is 16.0. The van der Waals surface area contributed by atoms with Crippen LogP contribution in [0.4, 0.5) is 0 Å². The third-order valence-corrected chi connectivity index (χ3v) is 12.5. The van der Waals surface area contributed by atoms with Gasteiger partial charge in [-0.25, -0.2) is 0 Å². The summed E-state index contributed by atoms with van der Waals surface area (Å²) in [6, 6.07) is 19.9. The molecule has 2 aliphatic rings. The van der Waals surface area contributed by atoms with Crippen LogP contribution in [-0.2, 0) is 23.8 Å². The summed E-state index contributed by atoms with van der Waals surface area (Å²) in [6.07, 6.45) is 2.69. The van der Waals surface area contributed by atoms with Crippen molar-refractivity contribution in [2.45, 2.75) is 84.3 Å². The zero-order chi connectivity index (χ0) is 32.6. The number of ketones is 1. The Balaban J connectivity index is 1.43. The molecule has 0 aliphatic heterocycles. The molecule has 1 fully saturated rings. The standard InChI is InChI=1S/C36H45N2O5PS/c1-7-42-44(41,43-8-2)32(27-15-14-24-12-9-10-13-26(24)20-27)37-34(45)38-33(40)36(6)19-11-18-35(5)29-17-16-25(23(3)4)21-28(29)30(39)22-31(35)36/h9-10,12-17,20-21,23,31-32H,7-8,11,18-19,22H2,1-6H3,(H2,37,38,40,45)/t31-,32?,35-,36-/m1/s1. The van der Waals surface area contributed by atoms with Gasteiger partial charge in [0.2, 0.25) is 5.91 Å². The van der Waals surface area contributed by atoms with Crippen molar-refractivity contribution in [3.05, 3.63) is 82.9 Å². The van der Waals surface area contributed by atoms with E-state index < -0.39 is 18.8 Å². The van der Waals surface area contributed by atoms with E-state index in [0.29, 0.717) is 24.3 Å². The molecule has 45 heavy (non-hydrogen) atoms. The smallest absolute Gasteiger partial charge is 0.345 e. The van der Waals surface area contributed by atoms with E-state index in [2.05, 4.69) is 49.6 Å². The van der Waals surface area contributed by atoms with Gasteiger partial charge in [0.25, 0.3) is 0 Å². The van der Waals surface area contributed by atoms with Crippen molar-refractivity contribution < 1.29 is 23.2 Å². The first-order valence-corrected chi connectivity index (χ1v) is 18.1. The highest BCUT2D eigenvalue weighted by molar-refractivity contribution is 7.80. The number of carbonyl (C=O) groups excluding carboxylic acids is 2. The summed E-state index contributed by atoms with van der Waals surface area (Å²) in [7, 11) is -3.76. The molecule has 0 spiro atoms. The van der Waals surface area contributed by atoms with E-state index in [1.54, 1.807) is 13.8 Å². The van der Waals surface area contributed by atoms with Gasteiger partial charge in [-0.1, -0.05) is 82.6 Å². The SMILES string of the molecule is CCOP(=O)(OCC)C(NC(=S)NC(=O)[C@]1(C)CCC[C@]2(C)c3ccc(C(C)C)cc3C(=O)C[C@@H]12)c1ccc2ccccc2c1. The zero-order valence-corrected chi connectivity index (χ0v) is 28.9. The molecule has 1 amide bonds. The van der Waals surface area contributed by atoms with Crippen molar-refractivity contribution in [3.8, 4) is 0 Å². The van der Waals surface area contributed by atoms with E-state index >= 15 is 0 Å². The molecule has 9 heteroatoms. The van der Waals surface area contributed by atoms with Gasteiger partial charge < -0.3 is 19.7 Å². The van der Waals surface area contributed by atoms with E-state index in [0.717, 1.165) is 40.3 Å². The Hall–Kier alpha value is -2.90. The predicted octanol–water partition coefficient (Wildman–Crippen LogP) is 8.57. The summed E-state index contributed by atoms with van der Waals surface area (Å²) < 4.78 is 25.7. The van der Waals surface area contributed by atoms with E-state index in [4.69, 9.17) is 21.3 Å². The molecule has 1 saturated carbocycles. The number of rotatable bonds is 9. The van der Waals surface area contributed by atoms with E-state index in [9.17, 15) is 14.2 Å². The van der Waals surface area contributed by atoms with Crippen LogP contribution in [0.15, 0.2) is 60.7 Å². The molecule has 0 aromatic heterocycles. The lowest BCUT2D eigenvalue weighted by Crippen LogP contribution is -2.57. The highest BCUT2D eigenvalue weighted by Gasteiger charge is 2.57. The fraction of sp³-hybridized carbons (Fsp3) is 0.472. The first kappa shape index (κ1) is 33.5. The lowest BCUT2D eigenvalue weighted by Gasteiger charge is -2.54. The number of fused-ring (bicyclic) bond motifs is 4. The summed E-state index contributed by atoms with van der Waals surface area (Å²) in [4.78, 5) is 27.8. The van der Waals surface area contributed by atoms with Crippen molar-refractivity contribution in [1.29, 1.82) is 0 Å². The highest BCUT2D eigenvalue weighted by atomic mass is 32.1. The lowest BCUT2D eigenvalue weighted by atomic mass is 9.49. The molecule has 4 atom stereocenters. The van der Waals surface area contributed by atoms with Gasteiger partial charge in [-0.2, -0.15) is 0 Å². The molecule has 240 valence electrons. The minimum atomic E-state index is -3.76. The Morgan fingerprint density at radius 1 is 0.978 bits per heavy atom. The summed E-state index contributed by atoms with van der Waals surface area (Å²) >= 11 is 5.72. The van der Waals surface area contributed by atoms with Gasteiger partial charge in [-0.05, 0) is 95.8 Å². The van der Waals surface area contributed by atoms with Crippen LogP contribution in [0.5, 0.6) is 0 Å². The molecule has 3 aromatic carbocycles. The molecule has 1 unspecified atom stereocenters. The van der Waals surface area contributed by atoms with Crippen LogP contribution < -0.4 is 10.6 Å². The first-order chi connectivity index (χ1) is 21.4. The summed E-state index contributed by atoms with van der Waals surface area (Å²) in [5, 5.41) is 8.11. The molecular formula is C36H45N2O5PS. The van der Waals surface area contributed by atoms with Crippen LogP contribution in [-0.4, -0.2) is 30.0 Å². The van der Waals surface area contributed by atoms with Crippen LogP contribution in [0.25, 0.3) is 10.8 Å².